The molecular weight excluding hydrogens is 320 g/mol. The summed E-state index contributed by atoms with van der Waals surface area (Å²) in [5.41, 5.74) is 2.19. The Hall–Kier alpha value is -2.67. The second-order valence-corrected chi connectivity index (χ2v) is 6.00. The van der Waals surface area contributed by atoms with Crippen molar-refractivity contribution in [3.63, 3.8) is 0 Å². The van der Waals surface area contributed by atoms with Crippen molar-refractivity contribution in [2.75, 3.05) is 26.8 Å². The molecule has 1 aliphatic carbocycles. The fraction of sp³-hybridized carbons (Fsp3) is 0.389. The maximum atomic E-state index is 12.6. The molecule has 1 aliphatic rings. The Morgan fingerprint density at radius 3 is 2.68 bits per heavy atom. The number of carbonyl (C=O) groups is 2. The molecule has 7 nitrogen and oxygen atoms in total. The molecule has 25 heavy (non-hydrogen) atoms. The van der Waals surface area contributed by atoms with E-state index in [1.165, 1.54) is 0 Å². The Kier molecular flexibility index (Phi) is 5.45. The molecule has 0 saturated heterocycles. The number of nitrogens with one attached hydrogen (secondary N) is 2. The number of hydrogen-bond donors (Lipinski definition) is 2. The van der Waals surface area contributed by atoms with Gasteiger partial charge < -0.3 is 15.4 Å². The summed E-state index contributed by atoms with van der Waals surface area (Å²) in [5, 5.41) is 9.91. The van der Waals surface area contributed by atoms with Crippen LogP contribution >= 0.6 is 0 Å². The van der Waals surface area contributed by atoms with Gasteiger partial charge in [0.05, 0.1) is 24.5 Å². The zero-order chi connectivity index (χ0) is 17.6. The van der Waals surface area contributed by atoms with Gasteiger partial charge in [-0.05, 0) is 31.0 Å². The van der Waals surface area contributed by atoms with Gasteiger partial charge in [-0.15, -0.1) is 0 Å². The summed E-state index contributed by atoms with van der Waals surface area (Å²) >= 11 is 0. The molecule has 2 amide bonds. The van der Waals surface area contributed by atoms with E-state index in [0.717, 1.165) is 24.2 Å². The molecule has 1 fully saturated rings. The first kappa shape index (κ1) is 17.2. The molecule has 1 saturated carbocycles. The highest BCUT2D eigenvalue weighted by Gasteiger charge is 2.29. The molecule has 1 aromatic carbocycles. The van der Waals surface area contributed by atoms with E-state index in [0.29, 0.717) is 24.8 Å². The van der Waals surface area contributed by atoms with Gasteiger partial charge in [0.2, 0.25) is 5.91 Å². The Labute approximate surface area is 146 Å². The van der Waals surface area contributed by atoms with Crippen LogP contribution in [0.15, 0.2) is 36.4 Å². The number of para-hydroxylation sites is 1. The third-order valence-corrected chi connectivity index (χ3v) is 4.00. The van der Waals surface area contributed by atoms with Crippen LogP contribution in [0.3, 0.4) is 0 Å². The molecular formula is C18H22N4O3. The molecule has 3 rings (SSSR count). The van der Waals surface area contributed by atoms with E-state index in [2.05, 4.69) is 15.7 Å². The molecule has 2 aromatic rings. The Morgan fingerprint density at radius 2 is 2.00 bits per heavy atom. The monoisotopic (exact) mass is 342 g/mol. The number of carbonyl (C=O) groups excluding carboxylic acids is 2. The maximum absolute atomic E-state index is 12.6. The highest BCUT2D eigenvalue weighted by Crippen LogP contribution is 2.39. The third-order valence-electron chi connectivity index (χ3n) is 4.00. The summed E-state index contributed by atoms with van der Waals surface area (Å²) in [6.45, 7) is 0.769. The summed E-state index contributed by atoms with van der Waals surface area (Å²) in [7, 11) is 1.57. The van der Waals surface area contributed by atoms with Gasteiger partial charge in [-0.2, -0.15) is 5.10 Å². The topological polar surface area (TPSA) is 85.2 Å². The molecule has 0 bridgehead atoms. The quantitative estimate of drug-likeness (QED) is 0.707. The van der Waals surface area contributed by atoms with Crippen LogP contribution in [0.25, 0.3) is 5.69 Å². The largest absolute Gasteiger partial charge is 0.383 e. The summed E-state index contributed by atoms with van der Waals surface area (Å²) in [6, 6.07) is 11.3. The zero-order valence-corrected chi connectivity index (χ0v) is 14.2. The number of amides is 2. The normalized spacial score (nSPS) is 13.5. The minimum Gasteiger partial charge on any atom is -0.383 e. The first-order valence-electron chi connectivity index (χ1n) is 8.38. The highest BCUT2D eigenvalue weighted by molar-refractivity contribution is 5.95. The lowest BCUT2D eigenvalue weighted by atomic mass is 10.2. The lowest BCUT2D eigenvalue weighted by molar-refractivity contribution is -0.120. The molecule has 7 heteroatoms. The molecule has 0 radical (unpaired) electrons. The van der Waals surface area contributed by atoms with E-state index in [1.807, 2.05) is 36.4 Å². The van der Waals surface area contributed by atoms with Gasteiger partial charge in [0.25, 0.3) is 5.91 Å². The first-order valence-corrected chi connectivity index (χ1v) is 8.38. The smallest absolute Gasteiger partial charge is 0.270 e. The van der Waals surface area contributed by atoms with Crippen LogP contribution in [0.2, 0.25) is 0 Å². The van der Waals surface area contributed by atoms with E-state index >= 15 is 0 Å². The molecule has 0 unspecified atom stereocenters. The van der Waals surface area contributed by atoms with Crippen LogP contribution in [-0.2, 0) is 9.53 Å². The van der Waals surface area contributed by atoms with E-state index in [4.69, 9.17) is 4.74 Å². The van der Waals surface area contributed by atoms with Gasteiger partial charge in [0.15, 0.2) is 0 Å². The van der Waals surface area contributed by atoms with Gasteiger partial charge in [-0.3, -0.25) is 9.59 Å². The fourth-order valence-electron chi connectivity index (χ4n) is 2.51. The van der Waals surface area contributed by atoms with E-state index < -0.39 is 0 Å². The van der Waals surface area contributed by atoms with Crippen molar-refractivity contribution in [2.45, 2.75) is 18.8 Å². The van der Waals surface area contributed by atoms with E-state index in [9.17, 15) is 9.59 Å². The average Bonchev–Trinajstić information content (AvgIpc) is 3.39. The Balaban J connectivity index is 1.70. The van der Waals surface area contributed by atoms with Crippen molar-refractivity contribution in [3.8, 4) is 5.69 Å². The standard InChI is InChI=1S/C18H22N4O3/c1-25-10-9-19-17(23)12-20-18(24)16-11-15(13-7-8-13)21-22(16)14-5-3-2-4-6-14/h2-6,11,13H,7-10,12H2,1H3,(H,19,23)(H,20,24). The molecule has 1 heterocycles. The second kappa shape index (κ2) is 7.94. The van der Waals surface area contributed by atoms with Crippen molar-refractivity contribution in [3.05, 3.63) is 47.8 Å². The van der Waals surface area contributed by atoms with Crippen molar-refractivity contribution in [2.24, 2.45) is 0 Å². The summed E-state index contributed by atoms with van der Waals surface area (Å²) in [4.78, 5) is 24.3. The van der Waals surface area contributed by atoms with Crippen molar-refractivity contribution in [1.82, 2.24) is 20.4 Å². The Bertz CT molecular complexity index is 738. The highest BCUT2D eigenvalue weighted by atomic mass is 16.5. The van der Waals surface area contributed by atoms with Gasteiger partial charge in [0, 0.05) is 19.6 Å². The lowest BCUT2D eigenvalue weighted by Gasteiger charge is -2.08. The number of ether oxygens (including phenoxy) is 1. The minimum absolute atomic E-state index is 0.0821. The van der Waals surface area contributed by atoms with Crippen LogP contribution in [0.4, 0.5) is 0 Å². The summed E-state index contributed by atoms with van der Waals surface area (Å²) < 4.78 is 6.51. The third kappa shape index (κ3) is 4.45. The first-order chi connectivity index (χ1) is 12.2. The molecule has 0 atom stereocenters. The minimum atomic E-state index is -0.315. The van der Waals surface area contributed by atoms with Crippen LogP contribution in [0.1, 0.15) is 34.9 Å². The fourth-order valence-corrected chi connectivity index (χ4v) is 2.51. The van der Waals surface area contributed by atoms with Crippen molar-refractivity contribution >= 4 is 11.8 Å². The van der Waals surface area contributed by atoms with Crippen molar-refractivity contribution in [1.29, 1.82) is 0 Å². The van der Waals surface area contributed by atoms with Gasteiger partial charge in [0.1, 0.15) is 5.69 Å². The van der Waals surface area contributed by atoms with Crippen LogP contribution in [-0.4, -0.2) is 48.4 Å². The van der Waals surface area contributed by atoms with E-state index in [-0.39, 0.29) is 18.4 Å². The molecule has 132 valence electrons. The predicted octanol–water partition coefficient (Wildman–Crippen LogP) is 1.24. The number of rotatable bonds is 8. The molecule has 2 N–H and O–H groups in total. The van der Waals surface area contributed by atoms with Crippen LogP contribution in [0.5, 0.6) is 0 Å². The van der Waals surface area contributed by atoms with E-state index in [1.54, 1.807) is 11.8 Å². The maximum Gasteiger partial charge on any atom is 0.270 e. The summed E-state index contributed by atoms with van der Waals surface area (Å²) in [6.07, 6.45) is 2.21. The lowest BCUT2D eigenvalue weighted by Crippen LogP contribution is -2.38. The second-order valence-electron chi connectivity index (χ2n) is 6.00. The van der Waals surface area contributed by atoms with Crippen LogP contribution in [0, 0.1) is 0 Å². The number of aromatic nitrogens is 2. The predicted molar refractivity (Wildman–Crippen MR) is 92.8 cm³/mol. The molecule has 1 aromatic heterocycles. The van der Waals surface area contributed by atoms with Gasteiger partial charge in [-0.25, -0.2) is 4.68 Å². The Morgan fingerprint density at radius 1 is 1.24 bits per heavy atom. The number of benzene rings is 1. The zero-order valence-electron chi connectivity index (χ0n) is 14.2. The SMILES string of the molecule is COCCNC(=O)CNC(=O)c1cc(C2CC2)nn1-c1ccccc1. The average molecular weight is 342 g/mol. The molecule has 0 spiro atoms. The summed E-state index contributed by atoms with van der Waals surface area (Å²) in [5.74, 6) is -0.127. The number of nitrogens with zero attached hydrogens (tertiary/aromatic N) is 2. The van der Waals surface area contributed by atoms with Gasteiger partial charge >= 0.3 is 0 Å². The van der Waals surface area contributed by atoms with Gasteiger partial charge in [-0.1, -0.05) is 18.2 Å². The number of hydrogen-bond acceptors (Lipinski definition) is 4. The van der Waals surface area contributed by atoms with Crippen molar-refractivity contribution < 1.29 is 14.3 Å². The van der Waals surface area contributed by atoms with Crippen LogP contribution < -0.4 is 10.6 Å². The molecule has 0 aliphatic heterocycles. The number of methoxy groups -OCH3 is 1.